The molecule has 10 heteroatoms. The minimum atomic E-state index is -0.237. The summed E-state index contributed by atoms with van der Waals surface area (Å²) < 4.78 is 12.4. The Hall–Kier alpha value is -1.91. The molecule has 1 fully saturated rings. The monoisotopic (exact) mass is 436 g/mol. The molecule has 2 aromatic heterocycles. The van der Waals surface area contributed by atoms with Crippen LogP contribution in [0.2, 0.25) is 0 Å². The number of carbonyl (C=O) groups is 1. The van der Waals surface area contributed by atoms with E-state index in [4.69, 9.17) is 4.74 Å². The fourth-order valence-corrected chi connectivity index (χ4v) is 5.98. The second-order valence-electron chi connectivity index (χ2n) is 7.63. The summed E-state index contributed by atoms with van der Waals surface area (Å²) in [6, 6.07) is 0.0713. The van der Waals surface area contributed by atoms with Gasteiger partial charge in [-0.1, -0.05) is 0 Å². The maximum Gasteiger partial charge on any atom is 0.330 e. The van der Waals surface area contributed by atoms with Gasteiger partial charge in [-0.3, -0.25) is 13.7 Å². The van der Waals surface area contributed by atoms with Crippen LogP contribution >= 0.6 is 23.5 Å². The standard InChI is InChI=1S/C19H28N6O2S2/c1-23-9-5-6-13(11-23)25(14-10-20-24(2)12-14)29-22-19(26)21-17-15-7-4-8-16(15)28-18(17)27-3/h10,12-13H,4-9,11H2,1-3H3,(H2,21,22,26). The number of amides is 2. The van der Waals surface area contributed by atoms with Gasteiger partial charge in [-0.25, -0.2) is 4.79 Å². The first-order valence-corrected chi connectivity index (χ1v) is 11.5. The minimum Gasteiger partial charge on any atom is -0.486 e. The number of likely N-dealkylation sites (N-methyl/N-ethyl adjacent to an activating group) is 1. The molecule has 2 amide bonds. The Labute approximate surface area is 179 Å². The fourth-order valence-electron chi connectivity index (χ4n) is 4.07. The first-order valence-electron chi connectivity index (χ1n) is 9.94. The molecule has 0 bridgehead atoms. The van der Waals surface area contributed by atoms with Crippen molar-refractivity contribution in [3.8, 4) is 5.06 Å². The highest BCUT2D eigenvalue weighted by atomic mass is 32.2. The molecule has 2 N–H and O–H groups in total. The molecular weight excluding hydrogens is 408 g/mol. The van der Waals surface area contributed by atoms with E-state index in [0.29, 0.717) is 6.04 Å². The summed E-state index contributed by atoms with van der Waals surface area (Å²) in [6.45, 7) is 2.07. The van der Waals surface area contributed by atoms with Crippen LogP contribution in [0.3, 0.4) is 0 Å². The molecular formula is C19H28N6O2S2. The van der Waals surface area contributed by atoms with Crippen molar-refractivity contribution in [2.75, 3.05) is 36.9 Å². The van der Waals surface area contributed by atoms with Crippen LogP contribution in [0.25, 0.3) is 0 Å². The number of nitrogens with zero attached hydrogens (tertiary/aromatic N) is 4. The molecule has 1 unspecified atom stereocenters. The van der Waals surface area contributed by atoms with Crippen molar-refractivity contribution in [3.63, 3.8) is 0 Å². The number of aryl methyl sites for hydroxylation is 2. The van der Waals surface area contributed by atoms with E-state index < -0.39 is 0 Å². The number of urea groups is 1. The molecule has 1 atom stereocenters. The Morgan fingerprint density at radius 1 is 1.38 bits per heavy atom. The first kappa shape index (κ1) is 20.4. The zero-order chi connectivity index (χ0) is 20.4. The van der Waals surface area contributed by atoms with Gasteiger partial charge in [0.1, 0.15) is 5.69 Å². The number of piperidine rings is 1. The van der Waals surface area contributed by atoms with Gasteiger partial charge in [-0.05, 0) is 51.3 Å². The van der Waals surface area contributed by atoms with Gasteiger partial charge < -0.3 is 15.0 Å². The lowest BCUT2D eigenvalue weighted by molar-refractivity contribution is 0.253. The molecule has 2 aromatic rings. The van der Waals surface area contributed by atoms with Crippen LogP contribution in [0.15, 0.2) is 12.4 Å². The molecule has 158 valence electrons. The number of nitrogens with one attached hydrogen (secondary N) is 2. The number of rotatable bonds is 6. The zero-order valence-electron chi connectivity index (χ0n) is 17.1. The number of carbonyl (C=O) groups excluding carboxylic acids is 1. The number of likely N-dealkylation sites (tertiary alicyclic amines) is 1. The van der Waals surface area contributed by atoms with E-state index in [-0.39, 0.29) is 6.03 Å². The summed E-state index contributed by atoms with van der Waals surface area (Å²) in [5.41, 5.74) is 3.05. The first-order chi connectivity index (χ1) is 14.0. The van der Waals surface area contributed by atoms with Crippen LogP contribution in [0.1, 0.15) is 29.7 Å². The van der Waals surface area contributed by atoms with Crippen molar-refractivity contribution < 1.29 is 9.53 Å². The number of anilines is 2. The molecule has 0 saturated carbocycles. The molecule has 3 heterocycles. The molecule has 1 aliphatic heterocycles. The minimum absolute atomic E-state index is 0.237. The topological polar surface area (TPSA) is 74.7 Å². The quantitative estimate of drug-likeness (QED) is 0.677. The normalized spacial score (nSPS) is 19.1. The summed E-state index contributed by atoms with van der Waals surface area (Å²) in [7, 11) is 5.70. The second-order valence-corrected chi connectivity index (χ2v) is 9.48. The van der Waals surface area contributed by atoms with Gasteiger partial charge in [-0.15, -0.1) is 11.3 Å². The number of thiophene rings is 1. The van der Waals surface area contributed by atoms with E-state index in [1.54, 1.807) is 23.1 Å². The van der Waals surface area contributed by atoms with Crippen molar-refractivity contribution in [3.05, 3.63) is 22.8 Å². The van der Waals surface area contributed by atoms with E-state index in [1.807, 2.05) is 19.4 Å². The molecule has 29 heavy (non-hydrogen) atoms. The highest BCUT2D eigenvalue weighted by Gasteiger charge is 2.27. The predicted octanol–water partition coefficient (Wildman–Crippen LogP) is 3.26. The lowest BCUT2D eigenvalue weighted by atomic mass is 10.1. The highest BCUT2D eigenvalue weighted by molar-refractivity contribution is 7.99. The number of ether oxygens (including phenoxy) is 1. The maximum atomic E-state index is 12.7. The summed E-state index contributed by atoms with van der Waals surface area (Å²) >= 11 is 2.97. The third kappa shape index (κ3) is 4.49. The highest BCUT2D eigenvalue weighted by Crippen LogP contribution is 2.44. The van der Waals surface area contributed by atoms with E-state index >= 15 is 0 Å². The number of fused-ring (bicyclic) bond motifs is 1. The van der Waals surface area contributed by atoms with Crippen LogP contribution < -0.4 is 19.1 Å². The molecule has 0 spiro atoms. The Bertz CT molecular complexity index is 867. The second kappa shape index (κ2) is 8.85. The van der Waals surface area contributed by atoms with Crippen LogP contribution in [0.4, 0.5) is 16.2 Å². The van der Waals surface area contributed by atoms with Crippen molar-refractivity contribution in [1.82, 2.24) is 19.4 Å². The number of aromatic nitrogens is 2. The van der Waals surface area contributed by atoms with Crippen LogP contribution in [0.5, 0.6) is 5.06 Å². The summed E-state index contributed by atoms with van der Waals surface area (Å²) in [5.74, 6) is 0. The van der Waals surface area contributed by atoms with Gasteiger partial charge in [0.05, 0.1) is 37.2 Å². The Morgan fingerprint density at radius 2 is 2.24 bits per heavy atom. The largest absolute Gasteiger partial charge is 0.486 e. The smallest absolute Gasteiger partial charge is 0.330 e. The molecule has 0 aromatic carbocycles. The third-order valence-electron chi connectivity index (χ3n) is 5.43. The van der Waals surface area contributed by atoms with Crippen LogP contribution in [0, 0.1) is 0 Å². The zero-order valence-corrected chi connectivity index (χ0v) is 18.7. The molecule has 8 nitrogen and oxygen atoms in total. The van der Waals surface area contributed by atoms with Crippen molar-refractivity contribution >= 4 is 40.9 Å². The summed E-state index contributed by atoms with van der Waals surface area (Å²) in [6.07, 6.45) is 9.25. The van der Waals surface area contributed by atoms with Gasteiger partial charge in [0, 0.05) is 24.7 Å². The average molecular weight is 437 g/mol. The van der Waals surface area contributed by atoms with Crippen molar-refractivity contribution in [2.24, 2.45) is 7.05 Å². The maximum absolute atomic E-state index is 12.7. The van der Waals surface area contributed by atoms with Gasteiger partial charge in [-0.2, -0.15) is 5.10 Å². The fraction of sp³-hybridized carbons (Fsp3) is 0.579. The number of hydrogen-bond donors (Lipinski definition) is 2. The Balaban J connectivity index is 1.44. The molecule has 0 radical (unpaired) electrons. The summed E-state index contributed by atoms with van der Waals surface area (Å²) in [5, 5.41) is 8.11. The number of methoxy groups -OCH3 is 1. The Morgan fingerprint density at radius 3 is 2.97 bits per heavy atom. The van der Waals surface area contributed by atoms with E-state index in [1.165, 1.54) is 22.6 Å². The van der Waals surface area contributed by atoms with E-state index in [0.717, 1.165) is 61.6 Å². The average Bonchev–Trinajstić information content (AvgIpc) is 3.40. The van der Waals surface area contributed by atoms with E-state index in [2.05, 4.69) is 31.4 Å². The van der Waals surface area contributed by atoms with Crippen molar-refractivity contribution in [1.29, 1.82) is 0 Å². The SMILES string of the molecule is COc1sc2c(c1NC(=O)NSN(c1cnn(C)c1)C1CCCN(C)C1)CCC2. The molecule has 1 aliphatic carbocycles. The molecule has 2 aliphatic rings. The molecule has 1 saturated heterocycles. The Kier molecular flexibility index (Phi) is 6.21. The summed E-state index contributed by atoms with van der Waals surface area (Å²) in [4.78, 5) is 16.4. The number of hydrogen-bond acceptors (Lipinski definition) is 7. The van der Waals surface area contributed by atoms with Gasteiger partial charge in [0.25, 0.3) is 0 Å². The lowest BCUT2D eigenvalue weighted by Gasteiger charge is -2.37. The van der Waals surface area contributed by atoms with Gasteiger partial charge in [0.15, 0.2) is 5.06 Å². The predicted molar refractivity (Wildman–Crippen MR) is 119 cm³/mol. The van der Waals surface area contributed by atoms with Crippen LogP contribution in [-0.4, -0.2) is 54.0 Å². The van der Waals surface area contributed by atoms with Gasteiger partial charge in [0.2, 0.25) is 0 Å². The third-order valence-corrected chi connectivity index (χ3v) is 7.66. The van der Waals surface area contributed by atoms with E-state index in [9.17, 15) is 4.79 Å². The van der Waals surface area contributed by atoms with Gasteiger partial charge >= 0.3 is 6.03 Å². The lowest BCUT2D eigenvalue weighted by Crippen LogP contribution is -2.45. The molecule has 4 rings (SSSR count). The van der Waals surface area contributed by atoms with Crippen LogP contribution in [-0.2, 0) is 19.9 Å². The van der Waals surface area contributed by atoms with Crippen molar-refractivity contribution in [2.45, 2.75) is 38.1 Å².